The van der Waals surface area contributed by atoms with Gasteiger partial charge in [0.25, 0.3) is 0 Å². The molecule has 0 amide bonds. The molecule has 62 valence electrons. The maximum Gasteiger partial charge on any atom is 0.239 e. The van der Waals surface area contributed by atoms with E-state index in [2.05, 4.69) is 10.1 Å². The quantitative estimate of drug-likeness (QED) is 0.612. The van der Waals surface area contributed by atoms with Crippen LogP contribution in [0.3, 0.4) is 0 Å². The average Bonchev–Trinajstić information content (AvgIpc) is 2.10. The summed E-state index contributed by atoms with van der Waals surface area (Å²) in [5, 5.41) is 13.2. The molecule has 1 aromatic rings. The number of rotatable bonds is 2. The van der Waals surface area contributed by atoms with Gasteiger partial charge in [0.15, 0.2) is 0 Å². The fraction of sp³-hybridized carbons (Fsp3) is 0.667. The molecule has 0 fully saturated rings. The Hall–Kier alpha value is -1.10. The van der Waals surface area contributed by atoms with Gasteiger partial charge in [0.2, 0.25) is 5.95 Å². The van der Waals surface area contributed by atoms with E-state index in [4.69, 9.17) is 5.73 Å². The van der Waals surface area contributed by atoms with Gasteiger partial charge in [0.1, 0.15) is 6.33 Å². The lowest BCUT2D eigenvalue weighted by molar-refractivity contribution is 0.0577. The SMILES string of the molecule is CC(C)(O)Cn1cnc(N)n1. The molecule has 5 heteroatoms. The first kappa shape index (κ1) is 8.00. The molecule has 0 aliphatic rings. The summed E-state index contributed by atoms with van der Waals surface area (Å²) in [5.74, 6) is 0.231. The normalized spacial score (nSPS) is 11.9. The molecule has 1 rings (SSSR count). The molecule has 0 unspecified atom stereocenters. The molecule has 11 heavy (non-hydrogen) atoms. The van der Waals surface area contributed by atoms with Crippen molar-refractivity contribution in [2.75, 3.05) is 5.73 Å². The lowest BCUT2D eigenvalue weighted by Crippen LogP contribution is -2.26. The number of anilines is 1. The van der Waals surface area contributed by atoms with Gasteiger partial charge in [-0.3, -0.25) is 0 Å². The summed E-state index contributed by atoms with van der Waals surface area (Å²) in [4.78, 5) is 3.72. The second-order valence-corrected chi connectivity index (χ2v) is 3.11. The smallest absolute Gasteiger partial charge is 0.239 e. The molecule has 0 aliphatic carbocycles. The van der Waals surface area contributed by atoms with Gasteiger partial charge in [0, 0.05) is 0 Å². The highest BCUT2D eigenvalue weighted by Crippen LogP contribution is 2.04. The summed E-state index contributed by atoms with van der Waals surface area (Å²) >= 11 is 0. The molecule has 1 aromatic heterocycles. The first-order valence-electron chi connectivity index (χ1n) is 3.35. The van der Waals surface area contributed by atoms with Crippen molar-refractivity contribution in [3.63, 3.8) is 0 Å². The summed E-state index contributed by atoms with van der Waals surface area (Å²) in [6, 6.07) is 0. The van der Waals surface area contributed by atoms with E-state index >= 15 is 0 Å². The van der Waals surface area contributed by atoms with Gasteiger partial charge >= 0.3 is 0 Å². The molecule has 0 atom stereocenters. The van der Waals surface area contributed by atoms with Crippen molar-refractivity contribution in [3.8, 4) is 0 Å². The fourth-order valence-corrected chi connectivity index (χ4v) is 0.782. The third-order valence-corrected chi connectivity index (χ3v) is 1.10. The van der Waals surface area contributed by atoms with Gasteiger partial charge in [-0.05, 0) is 13.8 Å². The van der Waals surface area contributed by atoms with Crippen LogP contribution in [0, 0.1) is 0 Å². The maximum absolute atomic E-state index is 9.35. The zero-order chi connectivity index (χ0) is 8.48. The molecule has 1 heterocycles. The van der Waals surface area contributed by atoms with Crippen molar-refractivity contribution < 1.29 is 5.11 Å². The number of hydrogen-bond donors (Lipinski definition) is 2. The minimum Gasteiger partial charge on any atom is -0.389 e. The summed E-state index contributed by atoms with van der Waals surface area (Å²) < 4.78 is 1.51. The van der Waals surface area contributed by atoms with Crippen LogP contribution in [0.2, 0.25) is 0 Å². The second kappa shape index (κ2) is 2.50. The summed E-state index contributed by atoms with van der Waals surface area (Å²) in [6.07, 6.45) is 1.49. The van der Waals surface area contributed by atoms with Crippen molar-refractivity contribution in [2.45, 2.75) is 26.0 Å². The number of nitrogens with two attached hydrogens (primary N) is 1. The third-order valence-electron chi connectivity index (χ3n) is 1.10. The molecule has 0 aliphatic heterocycles. The van der Waals surface area contributed by atoms with Crippen molar-refractivity contribution >= 4 is 5.95 Å². The molecule has 0 saturated carbocycles. The molecule has 3 N–H and O–H groups in total. The Bertz CT molecular complexity index is 237. The van der Waals surface area contributed by atoms with Gasteiger partial charge in [-0.15, -0.1) is 5.10 Å². The van der Waals surface area contributed by atoms with E-state index < -0.39 is 5.60 Å². The van der Waals surface area contributed by atoms with Crippen LogP contribution in [0.5, 0.6) is 0 Å². The zero-order valence-corrected chi connectivity index (χ0v) is 6.65. The van der Waals surface area contributed by atoms with E-state index in [-0.39, 0.29) is 5.95 Å². The third kappa shape index (κ3) is 2.55. The lowest BCUT2D eigenvalue weighted by atomic mass is 10.1. The molecule has 0 saturated heterocycles. The van der Waals surface area contributed by atoms with E-state index in [9.17, 15) is 5.11 Å². The molecular weight excluding hydrogens is 144 g/mol. The molecular formula is C6H12N4O. The maximum atomic E-state index is 9.35. The van der Waals surface area contributed by atoms with Crippen molar-refractivity contribution in [1.82, 2.24) is 14.8 Å². The summed E-state index contributed by atoms with van der Waals surface area (Å²) in [5.41, 5.74) is 4.50. The number of aliphatic hydroxyl groups is 1. The van der Waals surface area contributed by atoms with Gasteiger partial charge in [-0.1, -0.05) is 0 Å². The number of nitrogen functional groups attached to an aromatic ring is 1. The Morgan fingerprint density at radius 1 is 1.73 bits per heavy atom. The molecule has 0 bridgehead atoms. The van der Waals surface area contributed by atoms with E-state index in [1.165, 1.54) is 11.0 Å². The highest BCUT2D eigenvalue weighted by molar-refractivity contribution is 5.09. The first-order chi connectivity index (χ1) is 4.97. The van der Waals surface area contributed by atoms with Crippen LogP contribution in [0.1, 0.15) is 13.8 Å². The van der Waals surface area contributed by atoms with Crippen LogP contribution in [0.4, 0.5) is 5.95 Å². The fourth-order valence-electron chi connectivity index (χ4n) is 0.782. The Balaban J connectivity index is 2.65. The van der Waals surface area contributed by atoms with E-state index in [1.54, 1.807) is 13.8 Å². The Labute approximate surface area is 64.9 Å². The average molecular weight is 156 g/mol. The monoisotopic (exact) mass is 156 g/mol. The zero-order valence-electron chi connectivity index (χ0n) is 6.65. The van der Waals surface area contributed by atoms with Crippen LogP contribution in [-0.2, 0) is 6.54 Å². The van der Waals surface area contributed by atoms with Crippen molar-refractivity contribution in [1.29, 1.82) is 0 Å². The number of aromatic nitrogens is 3. The first-order valence-corrected chi connectivity index (χ1v) is 3.35. The number of hydrogen-bond acceptors (Lipinski definition) is 4. The molecule has 0 aromatic carbocycles. The Kier molecular flexibility index (Phi) is 1.82. The van der Waals surface area contributed by atoms with Crippen molar-refractivity contribution in [3.05, 3.63) is 6.33 Å². The highest BCUT2D eigenvalue weighted by Gasteiger charge is 2.13. The minimum atomic E-state index is -0.778. The van der Waals surface area contributed by atoms with Gasteiger partial charge in [0.05, 0.1) is 12.1 Å². The second-order valence-electron chi connectivity index (χ2n) is 3.11. The summed E-state index contributed by atoms with van der Waals surface area (Å²) in [6.45, 7) is 3.80. The topological polar surface area (TPSA) is 77.0 Å². The molecule has 5 nitrogen and oxygen atoms in total. The number of nitrogens with zero attached hydrogens (tertiary/aromatic N) is 3. The molecule has 0 spiro atoms. The van der Waals surface area contributed by atoms with Crippen LogP contribution < -0.4 is 5.73 Å². The van der Waals surface area contributed by atoms with Crippen LogP contribution in [0.25, 0.3) is 0 Å². The predicted octanol–water partition coefficient (Wildman–Crippen LogP) is -0.369. The Morgan fingerprint density at radius 2 is 2.36 bits per heavy atom. The molecule has 0 radical (unpaired) electrons. The standard InChI is InChI=1S/C6H12N4O/c1-6(2,11)3-10-4-8-5(7)9-10/h4,11H,3H2,1-2H3,(H2,7,9). The van der Waals surface area contributed by atoms with Crippen LogP contribution in [-0.4, -0.2) is 25.5 Å². The largest absolute Gasteiger partial charge is 0.389 e. The van der Waals surface area contributed by atoms with Gasteiger partial charge in [-0.2, -0.15) is 0 Å². The van der Waals surface area contributed by atoms with Crippen molar-refractivity contribution in [2.24, 2.45) is 0 Å². The van der Waals surface area contributed by atoms with Gasteiger partial charge in [-0.25, -0.2) is 9.67 Å². The summed E-state index contributed by atoms with van der Waals surface area (Å²) in [7, 11) is 0. The van der Waals surface area contributed by atoms with Gasteiger partial charge < -0.3 is 10.8 Å². The predicted molar refractivity (Wildman–Crippen MR) is 40.7 cm³/mol. The minimum absolute atomic E-state index is 0.231. The van der Waals surface area contributed by atoms with E-state index in [0.29, 0.717) is 6.54 Å². The van der Waals surface area contributed by atoms with Crippen LogP contribution in [0.15, 0.2) is 6.33 Å². The Morgan fingerprint density at radius 3 is 2.73 bits per heavy atom. The lowest BCUT2D eigenvalue weighted by Gasteiger charge is -2.15. The van der Waals surface area contributed by atoms with Crippen LogP contribution >= 0.6 is 0 Å². The van der Waals surface area contributed by atoms with E-state index in [1.807, 2.05) is 0 Å². The van der Waals surface area contributed by atoms with E-state index in [0.717, 1.165) is 0 Å². The highest BCUT2D eigenvalue weighted by atomic mass is 16.3.